The molecule has 122 valence electrons. The Labute approximate surface area is 132 Å². The van der Waals surface area contributed by atoms with Crippen molar-refractivity contribution in [3.8, 4) is 0 Å². The first-order chi connectivity index (χ1) is 11.5. The predicted octanol–water partition coefficient (Wildman–Crippen LogP) is 1.37. The van der Waals surface area contributed by atoms with Crippen molar-refractivity contribution in [3.05, 3.63) is 42.0 Å². The van der Waals surface area contributed by atoms with E-state index < -0.39 is 34.8 Å². The number of aromatic amines is 1. The molecule has 1 aromatic carbocycles. The Balaban J connectivity index is 1.87. The zero-order valence-electron chi connectivity index (χ0n) is 11.8. The molecule has 3 amide bonds. The monoisotopic (exact) mass is 333 g/mol. The number of anilines is 2. The third-order valence-corrected chi connectivity index (χ3v) is 3.05. The first-order valence-electron chi connectivity index (χ1n) is 6.47. The number of carbonyl (C=O) groups excluding carboxylic acids is 2. The number of halogens is 2. The average Bonchev–Trinajstić information content (AvgIpc) is 3.00. The van der Waals surface area contributed by atoms with Crippen molar-refractivity contribution >= 4 is 34.6 Å². The van der Waals surface area contributed by atoms with Gasteiger partial charge in [0.05, 0.1) is 11.9 Å². The van der Waals surface area contributed by atoms with Gasteiger partial charge < -0.3 is 16.0 Å². The lowest BCUT2D eigenvalue weighted by atomic mass is 10.1. The van der Waals surface area contributed by atoms with Gasteiger partial charge in [0, 0.05) is 0 Å². The molecule has 0 fully saturated rings. The summed E-state index contributed by atoms with van der Waals surface area (Å²) in [7, 11) is 0. The van der Waals surface area contributed by atoms with E-state index in [-0.39, 0.29) is 5.82 Å². The topological polar surface area (TPSA) is 139 Å². The molecule has 2 heterocycles. The minimum absolute atomic E-state index is 0.0573. The van der Waals surface area contributed by atoms with E-state index in [1.807, 2.05) is 5.32 Å². The number of nitrogens with zero attached hydrogens (tertiary/aromatic N) is 3. The number of nitrogens with two attached hydrogens (primary N) is 1. The lowest BCUT2D eigenvalue weighted by molar-refractivity contribution is 0.0996. The van der Waals surface area contributed by atoms with Crippen molar-refractivity contribution in [1.82, 2.24) is 19.9 Å². The number of amides is 3. The van der Waals surface area contributed by atoms with Gasteiger partial charge in [-0.2, -0.15) is 0 Å². The molecule has 0 radical (unpaired) electrons. The number of hydrogen-bond donors (Lipinski definition) is 4. The van der Waals surface area contributed by atoms with E-state index >= 15 is 0 Å². The second-order valence-corrected chi connectivity index (χ2v) is 4.55. The number of carbonyl (C=O) groups is 2. The summed E-state index contributed by atoms with van der Waals surface area (Å²) in [4.78, 5) is 37.3. The van der Waals surface area contributed by atoms with Crippen LogP contribution >= 0.6 is 0 Å². The minimum atomic E-state index is -1.27. The van der Waals surface area contributed by atoms with Crippen LogP contribution in [0.15, 0.2) is 24.8 Å². The predicted molar refractivity (Wildman–Crippen MR) is 79.2 cm³/mol. The van der Waals surface area contributed by atoms with Crippen LogP contribution in [0.1, 0.15) is 10.4 Å². The quantitative estimate of drug-likeness (QED) is 0.573. The summed E-state index contributed by atoms with van der Waals surface area (Å²) in [5, 5.41) is 4.28. The van der Waals surface area contributed by atoms with E-state index in [1.54, 1.807) is 0 Å². The largest absolute Gasteiger partial charge is 0.366 e. The molecule has 2 aromatic heterocycles. The van der Waals surface area contributed by atoms with Crippen LogP contribution in [0.3, 0.4) is 0 Å². The van der Waals surface area contributed by atoms with E-state index in [0.29, 0.717) is 11.2 Å². The van der Waals surface area contributed by atoms with Crippen molar-refractivity contribution in [1.29, 1.82) is 0 Å². The van der Waals surface area contributed by atoms with Crippen LogP contribution in [0.2, 0.25) is 0 Å². The summed E-state index contributed by atoms with van der Waals surface area (Å²) >= 11 is 0. The number of urea groups is 1. The summed E-state index contributed by atoms with van der Waals surface area (Å²) in [5.74, 6) is -3.37. The summed E-state index contributed by atoms with van der Waals surface area (Å²) < 4.78 is 27.8. The number of fused-ring (bicyclic) bond motifs is 1. The van der Waals surface area contributed by atoms with Crippen molar-refractivity contribution in [2.75, 3.05) is 10.6 Å². The van der Waals surface area contributed by atoms with Crippen LogP contribution in [0, 0.1) is 11.6 Å². The van der Waals surface area contributed by atoms with Gasteiger partial charge in [-0.15, -0.1) is 0 Å². The zero-order chi connectivity index (χ0) is 17.3. The molecule has 0 bridgehead atoms. The third-order valence-electron chi connectivity index (χ3n) is 3.05. The van der Waals surface area contributed by atoms with Crippen molar-refractivity contribution in [3.63, 3.8) is 0 Å². The van der Waals surface area contributed by atoms with Gasteiger partial charge in [-0.1, -0.05) is 0 Å². The summed E-state index contributed by atoms with van der Waals surface area (Å²) in [5.41, 5.74) is 4.25. The molecule has 0 atom stereocenters. The van der Waals surface area contributed by atoms with E-state index in [9.17, 15) is 18.4 Å². The van der Waals surface area contributed by atoms with Crippen LogP contribution in [0.4, 0.5) is 25.1 Å². The molecule has 0 spiro atoms. The number of aromatic nitrogens is 4. The molecular weight excluding hydrogens is 324 g/mol. The van der Waals surface area contributed by atoms with Crippen molar-refractivity contribution < 1.29 is 18.4 Å². The molecule has 24 heavy (non-hydrogen) atoms. The summed E-state index contributed by atoms with van der Waals surface area (Å²) in [6.07, 6.45) is 2.51. The normalized spacial score (nSPS) is 10.6. The van der Waals surface area contributed by atoms with Gasteiger partial charge in [-0.25, -0.2) is 28.5 Å². The Morgan fingerprint density at radius 3 is 2.67 bits per heavy atom. The molecule has 0 unspecified atom stereocenters. The summed E-state index contributed by atoms with van der Waals surface area (Å²) in [6, 6.07) is 0.717. The number of imidazole rings is 1. The lowest BCUT2D eigenvalue weighted by Crippen LogP contribution is -2.23. The highest BCUT2D eigenvalue weighted by Gasteiger charge is 2.19. The first kappa shape index (κ1) is 15.3. The van der Waals surface area contributed by atoms with Crippen LogP contribution in [0.25, 0.3) is 11.2 Å². The number of nitrogens with one attached hydrogen (secondary N) is 3. The van der Waals surface area contributed by atoms with E-state index in [2.05, 4.69) is 25.3 Å². The number of H-pyrrole nitrogens is 1. The SMILES string of the molecule is NC(=O)c1ccc(F)c(NC(=O)Nc2ncnc3nc[nH]c23)c1F. The maximum Gasteiger partial charge on any atom is 0.325 e. The molecule has 3 aromatic rings. The molecule has 0 aliphatic carbocycles. The number of benzene rings is 1. The van der Waals surface area contributed by atoms with Gasteiger partial charge >= 0.3 is 6.03 Å². The van der Waals surface area contributed by atoms with Gasteiger partial charge in [0.2, 0.25) is 0 Å². The maximum absolute atomic E-state index is 14.1. The van der Waals surface area contributed by atoms with Gasteiger partial charge in [0.15, 0.2) is 17.3 Å². The molecule has 0 aliphatic heterocycles. The zero-order valence-corrected chi connectivity index (χ0v) is 11.8. The maximum atomic E-state index is 14.1. The fraction of sp³-hybridized carbons (Fsp3) is 0. The van der Waals surface area contributed by atoms with E-state index in [1.165, 1.54) is 6.33 Å². The Bertz CT molecular complexity index is 957. The van der Waals surface area contributed by atoms with Crippen molar-refractivity contribution in [2.45, 2.75) is 0 Å². The highest BCUT2D eigenvalue weighted by atomic mass is 19.1. The number of rotatable bonds is 3. The molecule has 0 saturated heterocycles. The molecule has 9 nitrogen and oxygen atoms in total. The van der Waals surface area contributed by atoms with Gasteiger partial charge in [0.1, 0.15) is 23.3 Å². The lowest BCUT2D eigenvalue weighted by Gasteiger charge is -2.10. The highest BCUT2D eigenvalue weighted by molar-refractivity contribution is 6.04. The first-order valence-corrected chi connectivity index (χ1v) is 6.47. The Kier molecular flexibility index (Phi) is 3.74. The third kappa shape index (κ3) is 2.69. The Morgan fingerprint density at radius 2 is 1.92 bits per heavy atom. The van der Waals surface area contributed by atoms with Crippen LogP contribution in [0.5, 0.6) is 0 Å². The van der Waals surface area contributed by atoms with Gasteiger partial charge in [0.25, 0.3) is 5.91 Å². The van der Waals surface area contributed by atoms with Crippen LogP contribution in [-0.4, -0.2) is 31.9 Å². The van der Waals surface area contributed by atoms with E-state index in [0.717, 1.165) is 18.5 Å². The standard InChI is InChI=1S/C13H9F2N7O2/c14-6-2-1-5(10(16)23)7(15)8(6)21-13(24)22-12-9-11(18-3-17-9)19-4-20-12/h1-4H,(H2,16,23)(H3,17,18,19,20,21,22,24). The van der Waals surface area contributed by atoms with Gasteiger partial charge in [-0.3, -0.25) is 10.1 Å². The van der Waals surface area contributed by atoms with Gasteiger partial charge in [-0.05, 0) is 12.1 Å². The second-order valence-electron chi connectivity index (χ2n) is 4.55. The minimum Gasteiger partial charge on any atom is -0.366 e. The number of primary amides is 1. The molecule has 3 rings (SSSR count). The summed E-state index contributed by atoms with van der Waals surface area (Å²) in [6.45, 7) is 0. The highest BCUT2D eigenvalue weighted by Crippen LogP contribution is 2.22. The molecule has 11 heteroatoms. The fourth-order valence-corrected chi connectivity index (χ4v) is 1.97. The van der Waals surface area contributed by atoms with E-state index in [4.69, 9.17) is 5.73 Å². The van der Waals surface area contributed by atoms with Crippen LogP contribution < -0.4 is 16.4 Å². The Hall–Kier alpha value is -3.63. The smallest absolute Gasteiger partial charge is 0.325 e. The second kappa shape index (κ2) is 5.87. The molecule has 5 N–H and O–H groups in total. The van der Waals surface area contributed by atoms with Crippen molar-refractivity contribution in [2.24, 2.45) is 5.73 Å². The fourth-order valence-electron chi connectivity index (χ4n) is 1.97. The molecule has 0 saturated carbocycles. The number of hydrogen-bond acceptors (Lipinski definition) is 5. The van der Waals surface area contributed by atoms with Crippen LogP contribution in [-0.2, 0) is 0 Å². The average molecular weight is 333 g/mol. The molecular formula is C13H9F2N7O2. The Morgan fingerprint density at radius 1 is 1.12 bits per heavy atom. The molecule has 0 aliphatic rings.